The van der Waals surface area contributed by atoms with E-state index in [0.717, 1.165) is 49.3 Å². The molecule has 1 saturated heterocycles. The normalized spacial score (nSPS) is 15.2. The zero-order valence-corrected chi connectivity index (χ0v) is 15.3. The van der Waals surface area contributed by atoms with Crippen molar-refractivity contribution in [2.24, 2.45) is 5.92 Å². The van der Waals surface area contributed by atoms with Crippen LogP contribution in [0.5, 0.6) is 0 Å². The highest BCUT2D eigenvalue weighted by atomic mass is 16.5. The fourth-order valence-corrected chi connectivity index (χ4v) is 3.55. The maximum Gasteiger partial charge on any atom is 0.259 e. The van der Waals surface area contributed by atoms with Gasteiger partial charge in [-0.25, -0.2) is 4.98 Å². The quantitative estimate of drug-likeness (QED) is 0.723. The fourth-order valence-electron chi connectivity index (χ4n) is 3.55. The van der Waals surface area contributed by atoms with Gasteiger partial charge in [-0.05, 0) is 42.9 Å². The van der Waals surface area contributed by atoms with Crippen molar-refractivity contribution in [3.63, 3.8) is 0 Å². The summed E-state index contributed by atoms with van der Waals surface area (Å²) in [4.78, 5) is 11.4. The number of pyridine rings is 1. The average Bonchev–Trinajstić information content (AvgIpc) is 3.18. The first-order chi connectivity index (χ1) is 13.3. The van der Waals surface area contributed by atoms with E-state index in [1.54, 1.807) is 6.20 Å². The topological polar surface area (TPSA) is 75.3 Å². The number of nitrogens with zero attached hydrogens (tertiary/aromatic N) is 4. The van der Waals surface area contributed by atoms with Crippen molar-refractivity contribution in [3.8, 4) is 11.5 Å². The van der Waals surface area contributed by atoms with Gasteiger partial charge in [0.25, 0.3) is 5.89 Å². The van der Waals surface area contributed by atoms with Crippen molar-refractivity contribution in [3.05, 3.63) is 60.0 Å². The van der Waals surface area contributed by atoms with E-state index in [1.165, 1.54) is 0 Å². The van der Waals surface area contributed by atoms with E-state index in [-0.39, 0.29) is 6.61 Å². The van der Waals surface area contributed by atoms with Gasteiger partial charge in [-0.15, -0.1) is 0 Å². The van der Waals surface area contributed by atoms with Crippen LogP contribution in [-0.2, 0) is 6.42 Å². The summed E-state index contributed by atoms with van der Waals surface area (Å²) >= 11 is 0. The Hall–Kier alpha value is -2.73. The molecule has 0 amide bonds. The SMILES string of the molecule is OCCC1CCN(c2ccc(-c3nc(Cc4ccccc4)no3)cn2)CC1. The Morgan fingerprint density at radius 2 is 1.89 bits per heavy atom. The summed E-state index contributed by atoms with van der Waals surface area (Å²) in [6, 6.07) is 14.1. The number of hydrogen-bond acceptors (Lipinski definition) is 6. The Kier molecular flexibility index (Phi) is 5.44. The zero-order valence-electron chi connectivity index (χ0n) is 15.3. The molecule has 0 radical (unpaired) electrons. The summed E-state index contributed by atoms with van der Waals surface area (Å²) in [5.41, 5.74) is 1.99. The second kappa shape index (κ2) is 8.31. The second-order valence-electron chi connectivity index (χ2n) is 7.03. The van der Waals surface area contributed by atoms with Crippen molar-refractivity contribution in [1.82, 2.24) is 15.1 Å². The molecule has 0 spiro atoms. The number of rotatable bonds is 6. The largest absolute Gasteiger partial charge is 0.396 e. The lowest BCUT2D eigenvalue weighted by Crippen LogP contribution is -2.34. The molecule has 3 aromatic rings. The highest BCUT2D eigenvalue weighted by Crippen LogP contribution is 2.25. The van der Waals surface area contributed by atoms with E-state index in [2.05, 4.69) is 32.2 Å². The van der Waals surface area contributed by atoms with Gasteiger partial charge in [-0.1, -0.05) is 35.5 Å². The van der Waals surface area contributed by atoms with E-state index < -0.39 is 0 Å². The van der Waals surface area contributed by atoms with E-state index >= 15 is 0 Å². The van der Waals surface area contributed by atoms with Crippen LogP contribution in [0.3, 0.4) is 0 Å². The predicted molar refractivity (Wildman–Crippen MR) is 103 cm³/mol. The van der Waals surface area contributed by atoms with Gasteiger partial charge in [-0.3, -0.25) is 0 Å². The molecule has 2 aromatic heterocycles. The summed E-state index contributed by atoms with van der Waals surface area (Å²) in [7, 11) is 0. The Morgan fingerprint density at radius 3 is 2.59 bits per heavy atom. The zero-order chi connectivity index (χ0) is 18.5. The van der Waals surface area contributed by atoms with Gasteiger partial charge in [0.2, 0.25) is 0 Å². The first-order valence-electron chi connectivity index (χ1n) is 9.50. The van der Waals surface area contributed by atoms with Crippen molar-refractivity contribution in [2.45, 2.75) is 25.7 Å². The van der Waals surface area contributed by atoms with Crippen LogP contribution in [0.15, 0.2) is 53.2 Å². The number of aliphatic hydroxyl groups excluding tert-OH is 1. The number of aliphatic hydroxyl groups is 1. The molecule has 0 unspecified atom stereocenters. The maximum absolute atomic E-state index is 9.08. The number of hydrogen-bond donors (Lipinski definition) is 1. The lowest BCUT2D eigenvalue weighted by molar-refractivity contribution is 0.240. The van der Waals surface area contributed by atoms with Gasteiger partial charge >= 0.3 is 0 Å². The molecule has 0 atom stereocenters. The summed E-state index contributed by atoms with van der Waals surface area (Å²) in [5.74, 6) is 2.78. The van der Waals surface area contributed by atoms with E-state index in [1.807, 2.05) is 30.3 Å². The Labute approximate surface area is 158 Å². The van der Waals surface area contributed by atoms with Crippen LogP contribution in [0.2, 0.25) is 0 Å². The summed E-state index contributed by atoms with van der Waals surface area (Å²) in [6.45, 7) is 2.26. The highest BCUT2D eigenvalue weighted by molar-refractivity contribution is 5.54. The monoisotopic (exact) mass is 364 g/mol. The van der Waals surface area contributed by atoms with Crippen LogP contribution in [-0.4, -0.2) is 39.9 Å². The van der Waals surface area contributed by atoms with E-state index in [4.69, 9.17) is 9.63 Å². The highest BCUT2D eigenvalue weighted by Gasteiger charge is 2.20. The number of piperidine rings is 1. The summed E-state index contributed by atoms with van der Waals surface area (Å²) < 4.78 is 5.41. The average molecular weight is 364 g/mol. The third kappa shape index (κ3) is 4.34. The molecule has 0 bridgehead atoms. The third-order valence-corrected chi connectivity index (χ3v) is 5.14. The Balaban J connectivity index is 1.39. The molecular weight excluding hydrogens is 340 g/mol. The molecule has 4 rings (SSSR count). The molecule has 0 saturated carbocycles. The molecule has 1 aromatic carbocycles. The molecular formula is C21H24N4O2. The summed E-state index contributed by atoms with van der Waals surface area (Å²) in [6.07, 6.45) is 5.57. The molecule has 27 heavy (non-hydrogen) atoms. The minimum Gasteiger partial charge on any atom is -0.396 e. The molecule has 6 heteroatoms. The molecule has 1 aliphatic rings. The minimum atomic E-state index is 0.286. The van der Waals surface area contributed by atoms with E-state index in [9.17, 15) is 0 Å². The number of benzene rings is 1. The van der Waals surface area contributed by atoms with Crippen LogP contribution < -0.4 is 4.90 Å². The predicted octanol–water partition coefficient (Wildman–Crippen LogP) is 3.32. The molecule has 3 heterocycles. The lowest BCUT2D eigenvalue weighted by Gasteiger charge is -2.32. The van der Waals surface area contributed by atoms with Crippen LogP contribution >= 0.6 is 0 Å². The first kappa shape index (κ1) is 17.7. The van der Waals surface area contributed by atoms with Crippen LogP contribution in [0.25, 0.3) is 11.5 Å². The van der Waals surface area contributed by atoms with Gasteiger partial charge < -0.3 is 14.5 Å². The third-order valence-electron chi connectivity index (χ3n) is 5.14. The van der Waals surface area contributed by atoms with E-state index in [0.29, 0.717) is 24.1 Å². The van der Waals surface area contributed by atoms with Crippen LogP contribution in [0, 0.1) is 5.92 Å². The van der Waals surface area contributed by atoms with Crippen molar-refractivity contribution < 1.29 is 9.63 Å². The molecule has 1 aliphatic heterocycles. The second-order valence-corrected chi connectivity index (χ2v) is 7.03. The van der Waals surface area contributed by atoms with Gasteiger partial charge in [-0.2, -0.15) is 4.98 Å². The molecule has 1 N–H and O–H groups in total. The molecule has 6 nitrogen and oxygen atoms in total. The standard InChI is InChI=1S/C21H24N4O2/c26-13-10-16-8-11-25(12-9-16)20-7-6-18(15-22-20)21-23-19(24-27-21)14-17-4-2-1-3-5-17/h1-7,15-16,26H,8-14H2. The fraction of sp³-hybridized carbons (Fsp3) is 0.381. The smallest absolute Gasteiger partial charge is 0.259 e. The van der Waals surface area contributed by atoms with Crippen molar-refractivity contribution in [1.29, 1.82) is 0 Å². The lowest BCUT2D eigenvalue weighted by atomic mass is 9.94. The Morgan fingerprint density at radius 1 is 1.07 bits per heavy atom. The number of anilines is 1. The summed E-state index contributed by atoms with van der Waals surface area (Å²) in [5, 5.41) is 13.2. The van der Waals surface area contributed by atoms with Gasteiger partial charge in [0.1, 0.15) is 5.82 Å². The molecule has 140 valence electrons. The molecule has 1 fully saturated rings. The van der Waals surface area contributed by atoms with Crippen molar-refractivity contribution >= 4 is 5.82 Å². The van der Waals surface area contributed by atoms with Gasteiger partial charge in [0.15, 0.2) is 5.82 Å². The number of aromatic nitrogens is 3. The van der Waals surface area contributed by atoms with Gasteiger partial charge in [0, 0.05) is 32.3 Å². The molecule has 0 aliphatic carbocycles. The van der Waals surface area contributed by atoms with Crippen LogP contribution in [0.4, 0.5) is 5.82 Å². The maximum atomic E-state index is 9.08. The minimum absolute atomic E-state index is 0.286. The first-order valence-corrected chi connectivity index (χ1v) is 9.50. The Bertz CT molecular complexity index is 840. The van der Waals surface area contributed by atoms with Gasteiger partial charge in [0.05, 0.1) is 5.56 Å². The van der Waals surface area contributed by atoms with Crippen molar-refractivity contribution in [2.75, 3.05) is 24.6 Å². The van der Waals surface area contributed by atoms with Crippen LogP contribution in [0.1, 0.15) is 30.7 Å².